The first-order valence-electron chi connectivity index (χ1n) is 10.8. The van der Waals surface area contributed by atoms with E-state index < -0.39 is 0 Å². The summed E-state index contributed by atoms with van der Waals surface area (Å²) in [5, 5.41) is 6.32. The molecule has 1 heterocycles. The molecule has 2 N–H and O–H groups in total. The van der Waals surface area contributed by atoms with E-state index in [1.165, 1.54) is 31.1 Å². The standard InChI is InChI=1S/C25H27N3O4S/c1-14(2)15-5-7-17(8-6-15)26-24(30)20-9-10-21-22(20)27-25(33-21)28-23(29)16-11-18(31-3)13-19(12-16)32-4/h5-8,11-14,20H,9-10H2,1-4H3,(H,26,30)(H,27,28,29). The van der Waals surface area contributed by atoms with Crippen molar-refractivity contribution in [1.29, 1.82) is 0 Å². The van der Waals surface area contributed by atoms with Crippen molar-refractivity contribution in [2.45, 2.75) is 38.5 Å². The summed E-state index contributed by atoms with van der Waals surface area (Å²) in [5.74, 6) is 0.772. The van der Waals surface area contributed by atoms with Gasteiger partial charge in [-0.1, -0.05) is 26.0 Å². The zero-order chi connectivity index (χ0) is 23.5. The fraction of sp³-hybridized carbons (Fsp3) is 0.320. The third-order valence-corrected chi connectivity index (χ3v) is 6.76. The Labute approximate surface area is 197 Å². The summed E-state index contributed by atoms with van der Waals surface area (Å²) in [6, 6.07) is 12.9. The van der Waals surface area contributed by atoms with E-state index in [1.807, 2.05) is 24.3 Å². The molecule has 172 valence electrons. The van der Waals surface area contributed by atoms with Crippen LogP contribution in [0.1, 0.15) is 58.6 Å². The number of carbonyl (C=O) groups is 2. The number of methoxy groups -OCH3 is 2. The largest absolute Gasteiger partial charge is 0.497 e. The van der Waals surface area contributed by atoms with Crippen LogP contribution in [0.15, 0.2) is 42.5 Å². The van der Waals surface area contributed by atoms with Crippen molar-refractivity contribution < 1.29 is 19.1 Å². The summed E-state index contributed by atoms with van der Waals surface area (Å²) < 4.78 is 10.5. The number of hydrogen-bond donors (Lipinski definition) is 2. The van der Waals surface area contributed by atoms with Crippen LogP contribution in [-0.4, -0.2) is 31.0 Å². The summed E-state index contributed by atoms with van der Waals surface area (Å²) in [4.78, 5) is 31.3. The Hall–Kier alpha value is -3.39. The lowest BCUT2D eigenvalue weighted by atomic mass is 10.0. The number of hydrogen-bond acceptors (Lipinski definition) is 6. The topological polar surface area (TPSA) is 89.6 Å². The second-order valence-electron chi connectivity index (χ2n) is 8.24. The molecule has 1 atom stereocenters. The molecule has 2 amide bonds. The van der Waals surface area contributed by atoms with Crippen molar-refractivity contribution in [3.63, 3.8) is 0 Å². The van der Waals surface area contributed by atoms with Crippen molar-refractivity contribution in [3.8, 4) is 11.5 Å². The zero-order valence-corrected chi connectivity index (χ0v) is 19.9. The monoisotopic (exact) mass is 465 g/mol. The maximum Gasteiger partial charge on any atom is 0.257 e. The number of ether oxygens (including phenoxy) is 2. The van der Waals surface area contributed by atoms with E-state index in [1.54, 1.807) is 18.2 Å². The van der Waals surface area contributed by atoms with Gasteiger partial charge in [0.2, 0.25) is 5.91 Å². The number of nitrogens with zero attached hydrogens (tertiary/aromatic N) is 1. The minimum Gasteiger partial charge on any atom is -0.497 e. The normalized spacial score (nSPS) is 14.6. The van der Waals surface area contributed by atoms with Gasteiger partial charge in [0.1, 0.15) is 11.5 Å². The van der Waals surface area contributed by atoms with Gasteiger partial charge in [0.25, 0.3) is 5.91 Å². The molecule has 0 bridgehead atoms. The minimum atomic E-state index is -0.330. The highest BCUT2D eigenvalue weighted by molar-refractivity contribution is 7.16. The molecule has 0 saturated heterocycles. The van der Waals surface area contributed by atoms with Crippen molar-refractivity contribution in [3.05, 3.63) is 64.2 Å². The first kappa shape index (κ1) is 22.8. The van der Waals surface area contributed by atoms with E-state index in [0.29, 0.717) is 34.5 Å². The third-order valence-electron chi connectivity index (χ3n) is 5.71. The number of fused-ring (bicyclic) bond motifs is 1. The Bertz CT molecular complexity index is 1150. The number of carbonyl (C=O) groups excluding carboxylic acids is 2. The maximum atomic E-state index is 12.9. The zero-order valence-electron chi connectivity index (χ0n) is 19.1. The number of benzene rings is 2. The molecular weight excluding hydrogens is 438 g/mol. The number of aromatic nitrogens is 1. The Morgan fingerprint density at radius 2 is 1.70 bits per heavy atom. The number of aryl methyl sites for hydroxylation is 1. The van der Waals surface area contributed by atoms with Crippen molar-refractivity contribution in [1.82, 2.24) is 4.98 Å². The van der Waals surface area contributed by atoms with Crippen LogP contribution in [0.4, 0.5) is 10.8 Å². The second kappa shape index (κ2) is 9.62. The molecule has 8 heteroatoms. The van der Waals surface area contributed by atoms with E-state index in [4.69, 9.17) is 9.47 Å². The van der Waals surface area contributed by atoms with Crippen LogP contribution in [0.2, 0.25) is 0 Å². The van der Waals surface area contributed by atoms with E-state index in [2.05, 4.69) is 29.5 Å². The molecule has 7 nitrogen and oxygen atoms in total. The Balaban J connectivity index is 1.45. The SMILES string of the molecule is COc1cc(OC)cc(C(=O)Nc2nc3c(s2)CCC3C(=O)Nc2ccc(C(C)C)cc2)c1. The van der Waals surface area contributed by atoms with Gasteiger partial charge < -0.3 is 14.8 Å². The Kier molecular flexibility index (Phi) is 6.65. The number of anilines is 2. The average Bonchev–Trinajstić information content (AvgIpc) is 3.39. The lowest BCUT2D eigenvalue weighted by Crippen LogP contribution is -2.20. The molecular formula is C25H27N3O4S. The summed E-state index contributed by atoms with van der Waals surface area (Å²) in [6.07, 6.45) is 1.48. The molecule has 4 rings (SSSR count). The predicted molar refractivity (Wildman–Crippen MR) is 130 cm³/mol. The maximum absolute atomic E-state index is 12.9. The highest BCUT2D eigenvalue weighted by Crippen LogP contribution is 2.39. The molecule has 0 spiro atoms. The van der Waals surface area contributed by atoms with Gasteiger partial charge in [0.05, 0.1) is 25.8 Å². The number of rotatable bonds is 7. The highest BCUT2D eigenvalue weighted by atomic mass is 32.1. The van der Waals surface area contributed by atoms with Crippen LogP contribution < -0.4 is 20.1 Å². The van der Waals surface area contributed by atoms with E-state index >= 15 is 0 Å². The van der Waals surface area contributed by atoms with Gasteiger partial charge in [-0.2, -0.15) is 0 Å². The van der Waals surface area contributed by atoms with E-state index in [9.17, 15) is 9.59 Å². The third kappa shape index (κ3) is 5.01. The number of amides is 2. The summed E-state index contributed by atoms with van der Waals surface area (Å²) in [6.45, 7) is 4.27. The first-order chi connectivity index (χ1) is 15.9. The fourth-order valence-corrected chi connectivity index (χ4v) is 4.86. The molecule has 3 aromatic rings. The van der Waals surface area contributed by atoms with Crippen LogP contribution in [0.25, 0.3) is 0 Å². The molecule has 0 aliphatic heterocycles. The lowest BCUT2D eigenvalue weighted by Gasteiger charge is -2.12. The molecule has 1 aliphatic rings. The molecule has 1 unspecified atom stereocenters. The Morgan fingerprint density at radius 1 is 1.03 bits per heavy atom. The van der Waals surface area contributed by atoms with Crippen LogP contribution in [0.3, 0.4) is 0 Å². The minimum absolute atomic E-state index is 0.0771. The van der Waals surface area contributed by atoms with Gasteiger partial charge >= 0.3 is 0 Å². The molecule has 33 heavy (non-hydrogen) atoms. The highest BCUT2D eigenvalue weighted by Gasteiger charge is 2.33. The number of thiazole rings is 1. The van der Waals surface area contributed by atoms with Gasteiger partial charge in [-0.3, -0.25) is 14.9 Å². The first-order valence-corrected chi connectivity index (χ1v) is 11.6. The van der Waals surface area contributed by atoms with Crippen molar-refractivity contribution in [2.24, 2.45) is 0 Å². The average molecular weight is 466 g/mol. The molecule has 1 aliphatic carbocycles. The quantitative estimate of drug-likeness (QED) is 0.500. The van der Waals surface area contributed by atoms with Crippen molar-refractivity contribution in [2.75, 3.05) is 24.9 Å². The molecule has 2 aromatic carbocycles. The second-order valence-corrected chi connectivity index (χ2v) is 9.32. The molecule has 0 radical (unpaired) electrons. The predicted octanol–water partition coefficient (Wildman–Crippen LogP) is 5.20. The molecule has 1 aromatic heterocycles. The van der Waals surface area contributed by atoms with Crippen LogP contribution in [0, 0.1) is 0 Å². The van der Waals surface area contributed by atoms with Gasteiger partial charge in [-0.15, -0.1) is 11.3 Å². The lowest BCUT2D eigenvalue weighted by molar-refractivity contribution is -0.117. The van der Waals surface area contributed by atoms with Gasteiger partial charge in [-0.25, -0.2) is 4.98 Å². The van der Waals surface area contributed by atoms with E-state index in [-0.39, 0.29) is 17.7 Å². The van der Waals surface area contributed by atoms with Crippen LogP contribution >= 0.6 is 11.3 Å². The van der Waals surface area contributed by atoms with Crippen molar-refractivity contribution >= 4 is 34.0 Å². The summed E-state index contributed by atoms with van der Waals surface area (Å²) in [7, 11) is 3.07. The van der Waals surface area contributed by atoms with Gasteiger partial charge in [0, 0.05) is 22.2 Å². The Morgan fingerprint density at radius 3 is 2.30 bits per heavy atom. The van der Waals surface area contributed by atoms with Crippen LogP contribution in [-0.2, 0) is 11.2 Å². The molecule has 0 fully saturated rings. The molecule has 0 saturated carbocycles. The number of nitrogens with one attached hydrogen (secondary N) is 2. The van der Waals surface area contributed by atoms with E-state index in [0.717, 1.165) is 22.7 Å². The van der Waals surface area contributed by atoms with Crippen LogP contribution in [0.5, 0.6) is 11.5 Å². The van der Waals surface area contributed by atoms with Gasteiger partial charge in [0.15, 0.2) is 5.13 Å². The summed E-state index contributed by atoms with van der Waals surface area (Å²) >= 11 is 1.41. The van der Waals surface area contributed by atoms with Gasteiger partial charge in [-0.05, 0) is 48.6 Å². The smallest absolute Gasteiger partial charge is 0.257 e. The fourth-order valence-electron chi connectivity index (χ4n) is 3.82. The summed E-state index contributed by atoms with van der Waals surface area (Å²) in [5.41, 5.74) is 3.15.